The number of halogens is 1. The van der Waals surface area contributed by atoms with Gasteiger partial charge in [0.25, 0.3) is 15.9 Å². The van der Waals surface area contributed by atoms with Crippen molar-refractivity contribution in [2.75, 3.05) is 18.4 Å². The monoisotopic (exact) mass is 369 g/mol. The fourth-order valence-electron chi connectivity index (χ4n) is 2.44. The van der Waals surface area contributed by atoms with Crippen LogP contribution in [-0.4, -0.2) is 36.7 Å². The average Bonchev–Trinajstić information content (AvgIpc) is 3.09. The molecule has 2 aromatic rings. The molecule has 1 saturated heterocycles. The van der Waals surface area contributed by atoms with Crippen molar-refractivity contribution in [3.8, 4) is 0 Å². The second kappa shape index (κ2) is 6.92. The molecular weight excluding hydrogens is 354 g/mol. The van der Waals surface area contributed by atoms with Crippen molar-refractivity contribution in [2.24, 2.45) is 0 Å². The van der Waals surface area contributed by atoms with Crippen molar-refractivity contribution >= 4 is 33.3 Å². The summed E-state index contributed by atoms with van der Waals surface area (Å²) in [4.78, 5) is 16.1. The zero-order chi connectivity index (χ0) is 17.2. The van der Waals surface area contributed by atoms with Gasteiger partial charge in [-0.3, -0.25) is 4.79 Å². The Kier molecular flexibility index (Phi) is 4.88. The molecule has 24 heavy (non-hydrogen) atoms. The van der Waals surface area contributed by atoms with Crippen molar-refractivity contribution in [3.63, 3.8) is 0 Å². The smallest absolute Gasteiger partial charge is 0.292 e. The third-order valence-corrected chi connectivity index (χ3v) is 5.68. The van der Waals surface area contributed by atoms with Gasteiger partial charge in [-0.2, -0.15) is 4.31 Å². The molecule has 1 aliphatic heterocycles. The molecule has 3 heterocycles. The number of hydrogen-bond acceptors (Lipinski definition) is 5. The number of piperidine rings is 1. The van der Waals surface area contributed by atoms with Gasteiger partial charge in [0.05, 0.1) is 5.02 Å². The molecule has 0 radical (unpaired) electrons. The van der Waals surface area contributed by atoms with Gasteiger partial charge in [-0.25, -0.2) is 13.4 Å². The number of aromatic nitrogens is 1. The normalized spacial score (nSPS) is 16.0. The Morgan fingerprint density at radius 2 is 1.92 bits per heavy atom. The first-order valence-electron chi connectivity index (χ1n) is 7.50. The Labute approximate surface area is 144 Å². The Balaban J connectivity index is 1.74. The summed E-state index contributed by atoms with van der Waals surface area (Å²) in [6, 6.07) is 5.75. The highest BCUT2D eigenvalue weighted by atomic mass is 35.5. The third kappa shape index (κ3) is 3.61. The van der Waals surface area contributed by atoms with E-state index in [-0.39, 0.29) is 10.9 Å². The van der Waals surface area contributed by atoms with Gasteiger partial charge >= 0.3 is 0 Å². The number of carbonyl (C=O) groups is 1. The minimum Gasteiger partial charge on any atom is -0.438 e. The first kappa shape index (κ1) is 16.9. The first-order valence-corrected chi connectivity index (χ1v) is 9.31. The van der Waals surface area contributed by atoms with Crippen LogP contribution in [0.3, 0.4) is 0 Å². The van der Waals surface area contributed by atoms with Gasteiger partial charge in [0.2, 0.25) is 5.09 Å². The average molecular weight is 370 g/mol. The van der Waals surface area contributed by atoms with Crippen LogP contribution in [0.5, 0.6) is 0 Å². The van der Waals surface area contributed by atoms with Gasteiger partial charge in [0, 0.05) is 19.3 Å². The van der Waals surface area contributed by atoms with E-state index in [0.717, 1.165) is 19.3 Å². The lowest BCUT2D eigenvalue weighted by molar-refractivity contribution is 0.0991. The molecule has 1 fully saturated rings. The predicted octanol–water partition coefficient (Wildman–Crippen LogP) is 2.75. The van der Waals surface area contributed by atoms with Crippen LogP contribution in [0.2, 0.25) is 5.02 Å². The minimum atomic E-state index is -3.70. The number of hydrogen-bond donors (Lipinski definition) is 1. The van der Waals surface area contributed by atoms with Gasteiger partial charge in [0.15, 0.2) is 5.76 Å². The van der Waals surface area contributed by atoms with E-state index in [1.54, 1.807) is 6.07 Å². The topological polar surface area (TPSA) is 92.5 Å². The summed E-state index contributed by atoms with van der Waals surface area (Å²) in [5.74, 6) is -0.381. The lowest BCUT2D eigenvalue weighted by Gasteiger charge is -2.24. The molecule has 0 saturated carbocycles. The van der Waals surface area contributed by atoms with E-state index in [9.17, 15) is 13.2 Å². The van der Waals surface area contributed by atoms with Gasteiger partial charge in [-0.05, 0) is 37.1 Å². The standard InChI is InChI=1S/C15H16ClN3O4S/c16-11-4-6-13(17-10-11)18-15(20)12-5-7-14(23-12)24(21,22)19-8-2-1-3-9-19/h4-7,10H,1-3,8-9H2,(H,17,18,20). The molecule has 0 aliphatic carbocycles. The Hall–Kier alpha value is -1.90. The zero-order valence-corrected chi connectivity index (χ0v) is 14.3. The molecular formula is C15H16ClN3O4S. The number of pyridine rings is 1. The summed E-state index contributed by atoms with van der Waals surface area (Å²) in [5.41, 5.74) is 0. The lowest BCUT2D eigenvalue weighted by atomic mass is 10.2. The number of nitrogens with zero attached hydrogens (tertiary/aromatic N) is 2. The summed E-state index contributed by atoms with van der Waals surface area (Å²) in [5, 5.41) is 2.74. The molecule has 0 atom stereocenters. The number of nitrogens with one attached hydrogen (secondary N) is 1. The van der Waals surface area contributed by atoms with Gasteiger partial charge in [-0.1, -0.05) is 18.0 Å². The van der Waals surface area contributed by atoms with Crippen molar-refractivity contribution in [2.45, 2.75) is 24.4 Å². The fourth-order valence-corrected chi connectivity index (χ4v) is 3.98. The highest BCUT2D eigenvalue weighted by Gasteiger charge is 2.29. The number of rotatable bonds is 4. The maximum atomic E-state index is 12.5. The van der Waals surface area contributed by atoms with E-state index in [0.29, 0.717) is 23.9 Å². The van der Waals surface area contributed by atoms with Crippen molar-refractivity contribution in [1.29, 1.82) is 0 Å². The largest absolute Gasteiger partial charge is 0.438 e. The minimum absolute atomic E-state index is 0.0951. The molecule has 9 heteroatoms. The highest BCUT2D eigenvalue weighted by molar-refractivity contribution is 7.89. The summed E-state index contributed by atoms with van der Waals surface area (Å²) < 4.78 is 31.6. The second-order valence-electron chi connectivity index (χ2n) is 5.40. The van der Waals surface area contributed by atoms with E-state index in [1.165, 1.54) is 28.7 Å². The summed E-state index contributed by atoms with van der Waals surface area (Å²) in [6.07, 6.45) is 4.07. The number of carbonyl (C=O) groups excluding carboxylic acids is 1. The Morgan fingerprint density at radius 3 is 2.58 bits per heavy atom. The summed E-state index contributed by atoms with van der Waals surface area (Å²) >= 11 is 5.73. The van der Waals surface area contributed by atoms with Crippen LogP contribution in [-0.2, 0) is 10.0 Å². The first-order chi connectivity index (χ1) is 11.5. The lowest BCUT2D eigenvalue weighted by Crippen LogP contribution is -2.35. The SMILES string of the molecule is O=C(Nc1ccc(Cl)cn1)c1ccc(S(=O)(=O)N2CCCCC2)o1. The molecule has 0 aromatic carbocycles. The molecule has 0 spiro atoms. The molecule has 1 N–H and O–H groups in total. The molecule has 1 aliphatic rings. The van der Waals surface area contributed by atoms with Crippen LogP contribution in [0.25, 0.3) is 0 Å². The van der Waals surface area contributed by atoms with Crippen LogP contribution in [0.4, 0.5) is 5.82 Å². The second-order valence-corrected chi connectivity index (χ2v) is 7.70. The maximum absolute atomic E-state index is 12.5. The number of anilines is 1. The number of amides is 1. The van der Waals surface area contributed by atoms with E-state index >= 15 is 0 Å². The Bertz CT molecular complexity index is 827. The molecule has 7 nitrogen and oxygen atoms in total. The molecule has 3 rings (SSSR count). The molecule has 0 bridgehead atoms. The molecule has 2 aromatic heterocycles. The molecule has 1 amide bonds. The molecule has 128 valence electrons. The summed E-state index contributed by atoms with van der Waals surface area (Å²) in [7, 11) is -3.70. The fraction of sp³-hybridized carbons (Fsp3) is 0.333. The number of sulfonamides is 1. The van der Waals surface area contributed by atoms with Crippen LogP contribution < -0.4 is 5.32 Å². The molecule has 0 unspecified atom stereocenters. The zero-order valence-electron chi connectivity index (χ0n) is 12.7. The van der Waals surface area contributed by atoms with Gasteiger partial charge < -0.3 is 9.73 Å². The van der Waals surface area contributed by atoms with E-state index in [4.69, 9.17) is 16.0 Å². The van der Waals surface area contributed by atoms with E-state index in [2.05, 4.69) is 10.3 Å². The van der Waals surface area contributed by atoms with Crippen LogP contribution in [0.1, 0.15) is 29.8 Å². The Morgan fingerprint density at radius 1 is 1.17 bits per heavy atom. The van der Waals surface area contributed by atoms with E-state index in [1.807, 2.05) is 0 Å². The van der Waals surface area contributed by atoms with Crippen LogP contribution in [0, 0.1) is 0 Å². The van der Waals surface area contributed by atoms with Crippen LogP contribution >= 0.6 is 11.6 Å². The predicted molar refractivity (Wildman–Crippen MR) is 88.5 cm³/mol. The van der Waals surface area contributed by atoms with Crippen molar-refractivity contribution in [1.82, 2.24) is 9.29 Å². The van der Waals surface area contributed by atoms with Gasteiger partial charge in [0.1, 0.15) is 5.82 Å². The quantitative estimate of drug-likeness (QED) is 0.894. The van der Waals surface area contributed by atoms with Gasteiger partial charge in [-0.15, -0.1) is 0 Å². The maximum Gasteiger partial charge on any atom is 0.292 e. The number of furan rings is 1. The summed E-state index contributed by atoms with van der Waals surface area (Å²) in [6.45, 7) is 0.943. The van der Waals surface area contributed by atoms with E-state index < -0.39 is 15.9 Å². The van der Waals surface area contributed by atoms with Crippen LogP contribution in [0.15, 0.2) is 40.0 Å². The van der Waals surface area contributed by atoms with Crippen molar-refractivity contribution in [3.05, 3.63) is 41.2 Å². The third-order valence-electron chi connectivity index (χ3n) is 3.68. The van der Waals surface area contributed by atoms with Crippen molar-refractivity contribution < 1.29 is 17.6 Å². The highest BCUT2D eigenvalue weighted by Crippen LogP contribution is 2.23.